The first-order valence-electron chi connectivity index (χ1n) is 9.06. The molecular formula is C18H24N2O3S2. The van der Waals surface area contributed by atoms with Gasteiger partial charge in [0.25, 0.3) is 5.56 Å². The number of ether oxygens (including phenoxy) is 2. The van der Waals surface area contributed by atoms with Crippen molar-refractivity contribution in [2.45, 2.75) is 56.3 Å². The van der Waals surface area contributed by atoms with Crippen molar-refractivity contribution in [2.75, 3.05) is 26.1 Å². The van der Waals surface area contributed by atoms with Crippen molar-refractivity contribution in [1.29, 1.82) is 0 Å². The molecule has 0 amide bonds. The van der Waals surface area contributed by atoms with Gasteiger partial charge in [0.1, 0.15) is 4.83 Å². The van der Waals surface area contributed by atoms with Crippen LogP contribution < -0.4 is 5.56 Å². The number of thioether (sulfide) groups is 1. The van der Waals surface area contributed by atoms with Crippen molar-refractivity contribution in [3.05, 3.63) is 20.8 Å². The zero-order valence-corrected chi connectivity index (χ0v) is 16.2. The molecule has 0 saturated carbocycles. The average Bonchev–Trinajstić information content (AvgIpc) is 3.26. The maximum atomic E-state index is 13.2. The van der Waals surface area contributed by atoms with E-state index in [0.717, 1.165) is 53.4 Å². The highest BCUT2D eigenvalue weighted by Crippen LogP contribution is 2.35. The number of nitrogens with zero attached hydrogens (tertiary/aromatic N) is 2. The number of thiophene rings is 1. The molecule has 136 valence electrons. The van der Waals surface area contributed by atoms with Gasteiger partial charge in [-0.05, 0) is 44.1 Å². The lowest BCUT2D eigenvalue weighted by Crippen LogP contribution is -2.26. The molecule has 1 fully saturated rings. The summed E-state index contributed by atoms with van der Waals surface area (Å²) in [6.45, 7) is 1.93. The van der Waals surface area contributed by atoms with E-state index in [4.69, 9.17) is 14.5 Å². The number of hydrogen-bond donors (Lipinski definition) is 0. The molecular weight excluding hydrogens is 356 g/mol. The molecule has 2 aliphatic rings. The number of aryl methyl sites for hydroxylation is 2. The molecule has 1 saturated heterocycles. The molecule has 1 atom stereocenters. The highest BCUT2D eigenvalue weighted by atomic mass is 32.2. The van der Waals surface area contributed by atoms with E-state index in [0.29, 0.717) is 13.2 Å². The van der Waals surface area contributed by atoms with Crippen LogP contribution in [0.4, 0.5) is 0 Å². The average molecular weight is 381 g/mol. The van der Waals surface area contributed by atoms with E-state index in [-0.39, 0.29) is 11.7 Å². The van der Waals surface area contributed by atoms with E-state index >= 15 is 0 Å². The summed E-state index contributed by atoms with van der Waals surface area (Å²) in [6.07, 6.45) is 7.01. The van der Waals surface area contributed by atoms with Crippen LogP contribution in [0.1, 0.15) is 36.1 Å². The molecule has 1 aliphatic carbocycles. The third kappa shape index (κ3) is 3.52. The van der Waals surface area contributed by atoms with Gasteiger partial charge in [-0.2, -0.15) is 0 Å². The number of methoxy groups -OCH3 is 1. The Kier molecular flexibility index (Phi) is 5.45. The smallest absolute Gasteiger partial charge is 0.263 e. The first kappa shape index (κ1) is 17.5. The third-order valence-electron chi connectivity index (χ3n) is 4.98. The molecule has 0 spiro atoms. The van der Waals surface area contributed by atoms with Gasteiger partial charge in [-0.3, -0.25) is 9.36 Å². The van der Waals surface area contributed by atoms with Crippen LogP contribution in [0.2, 0.25) is 0 Å². The van der Waals surface area contributed by atoms with Gasteiger partial charge in [-0.25, -0.2) is 4.98 Å². The molecule has 2 aromatic heterocycles. The van der Waals surface area contributed by atoms with Crippen LogP contribution in [0.25, 0.3) is 10.2 Å². The molecule has 1 unspecified atom stereocenters. The second-order valence-corrected chi connectivity index (χ2v) is 8.75. The molecule has 1 aliphatic heterocycles. The zero-order valence-electron chi connectivity index (χ0n) is 14.6. The normalized spacial score (nSPS) is 20.3. The lowest BCUT2D eigenvalue weighted by atomic mass is 9.97. The summed E-state index contributed by atoms with van der Waals surface area (Å²) in [6, 6.07) is 0. The quantitative estimate of drug-likeness (QED) is 0.569. The summed E-state index contributed by atoms with van der Waals surface area (Å²) in [5, 5.41) is 1.67. The van der Waals surface area contributed by atoms with Gasteiger partial charge >= 0.3 is 0 Å². The van der Waals surface area contributed by atoms with Crippen LogP contribution in [-0.4, -0.2) is 41.7 Å². The monoisotopic (exact) mass is 380 g/mol. The van der Waals surface area contributed by atoms with E-state index in [1.54, 1.807) is 30.2 Å². The fourth-order valence-corrected chi connectivity index (χ4v) is 6.05. The molecule has 5 nitrogen and oxygen atoms in total. The minimum atomic E-state index is 0.108. The second-order valence-electron chi connectivity index (χ2n) is 6.68. The van der Waals surface area contributed by atoms with E-state index in [1.165, 1.54) is 23.3 Å². The maximum Gasteiger partial charge on any atom is 0.263 e. The Labute approximate surface area is 155 Å². The fourth-order valence-electron chi connectivity index (χ4n) is 3.65. The summed E-state index contributed by atoms with van der Waals surface area (Å²) >= 11 is 3.37. The lowest BCUT2D eigenvalue weighted by molar-refractivity contribution is 0.128. The van der Waals surface area contributed by atoms with Crippen LogP contribution in [0.5, 0.6) is 0 Å². The van der Waals surface area contributed by atoms with Crippen molar-refractivity contribution in [3.63, 3.8) is 0 Å². The topological polar surface area (TPSA) is 53.4 Å². The molecule has 0 bridgehead atoms. The fraction of sp³-hybridized carbons (Fsp3) is 0.667. The van der Waals surface area contributed by atoms with Crippen LogP contribution in [-0.2, 0) is 28.9 Å². The molecule has 2 aromatic rings. The molecule has 0 aromatic carbocycles. The number of hydrogen-bond acceptors (Lipinski definition) is 6. The summed E-state index contributed by atoms with van der Waals surface area (Å²) in [4.78, 5) is 20.4. The van der Waals surface area contributed by atoms with E-state index < -0.39 is 0 Å². The highest BCUT2D eigenvalue weighted by molar-refractivity contribution is 7.99. The van der Waals surface area contributed by atoms with Gasteiger partial charge < -0.3 is 9.47 Å². The van der Waals surface area contributed by atoms with Crippen molar-refractivity contribution < 1.29 is 9.47 Å². The van der Waals surface area contributed by atoms with Crippen molar-refractivity contribution in [3.8, 4) is 0 Å². The van der Waals surface area contributed by atoms with Gasteiger partial charge in [0.2, 0.25) is 0 Å². The first-order valence-corrected chi connectivity index (χ1v) is 10.9. The van der Waals surface area contributed by atoms with Gasteiger partial charge in [-0.1, -0.05) is 11.8 Å². The Morgan fingerprint density at radius 2 is 2.24 bits per heavy atom. The summed E-state index contributed by atoms with van der Waals surface area (Å²) in [5.74, 6) is 0.857. The van der Waals surface area contributed by atoms with Crippen molar-refractivity contribution in [1.82, 2.24) is 9.55 Å². The van der Waals surface area contributed by atoms with Gasteiger partial charge in [0.15, 0.2) is 5.16 Å². The van der Waals surface area contributed by atoms with Gasteiger partial charge in [0.05, 0.1) is 24.6 Å². The molecule has 7 heteroatoms. The predicted molar refractivity (Wildman–Crippen MR) is 102 cm³/mol. The van der Waals surface area contributed by atoms with Gasteiger partial charge in [-0.15, -0.1) is 11.3 Å². The Morgan fingerprint density at radius 3 is 3.04 bits per heavy atom. The van der Waals surface area contributed by atoms with Crippen LogP contribution in [0.3, 0.4) is 0 Å². The minimum Gasteiger partial charge on any atom is -0.383 e. The Bertz CT molecular complexity index is 809. The largest absolute Gasteiger partial charge is 0.383 e. The number of rotatable bonds is 6. The van der Waals surface area contributed by atoms with E-state index in [2.05, 4.69) is 0 Å². The number of fused-ring (bicyclic) bond motifs is 3. The van der Waals surface area contributed by atoms with Crippen molar-refractivity contribution in [2.24, 2.45) is 0 Å². The van der Waals surface area contributed by atoms with Crippen LogP contribution in [0.15, 0.2) is 9.95 Å². The standard InChI is InChI=1S/C18H24N2O3S2/c1-22-10-8-20-17(21)15-13-6-2-3-7-14(13)25-16(15)19-18(20)24-11-12-5-4-9-23-12/h12H,2-11H2,1H3. The Balaban J connectivity index is 1.72. The highest BCUT2D eigenvalue weighted by Gasteiger charge is 2.23. The second kappa shape index (κ2) is 7.78. The van der Waals surface area contributed by atoms with Crippen LogP contribution in [0, 0.1) is 0 Å². The molecule has 4 rings (SSSR count). The van der Waals surface area contributed by atoms with Crippen molar-refractivity contribution >= 4 is 33.3 Å². The molecule has 25 heavy (non-hydrogen) atoms. The summed E-state index contributed by atoms with van der Waals surface area (Å²) in [7, 11) is 1.67. The van der Waals surface area contributed by atoms with E-state index in [1.807, 2.05) is 4.57 Å². The minimum absolute atomic E-state index is 0.108. The Morgan fingerprint density at radius 1 is 1.36 bits per heavy atom. The van der Waals surface area contributed by atoms with Gasteiger partial charge in [0, 0.05) is 24.3 Å². The SMILES string of the molecule is COCCn1c(SCC2CCCO2)nc2sc3c(c2c1=O)CCCC3. The summed E-state index contributed by atoms with van der Waals surface area (Å²) in [5.41, 5.74) is 1.36. The number of aromatic nitrogens is 2. The predicted octanol–water partition coefficient (Wildman–Crippen LogP) is 3.25. The van der Waals surface area contributed by atoms with Crippen LogP contribution >= 0.6 is 23.1 Å². The first-order chi connectivity index (χ1) is 12.3. The zero-order chi connectivity index (χ0) is 17.2. The third-order valence-corrected chi connectivity index (χ3v) is 7.28. The molecule has 3 heterocycles. The Hall–Kier alpha value is -0.890. The lowest BCUT2D eigenvalue weighted by Gasteiger charge is -2.14. The maximum absolute atomic E-state index is 13.2. The van der Waals surface area contributed by atoms with E-state index in [9.17, 15) is 4.79 Å². The summed E-state index contributed by atoms with van der Waals surface area (Å²) < 4.78 is 12.8. The molecule has 0 N–H and O–H groups in total. The molecule has 0 radical (unpaired) electrons.